The highest BCUT2D eigenvalue weighted by Crippen LogP contribution is 2.18. The minimum absolute atomic E-state index is 0.205. The molecule has 0 radical (unpaired) electrons. The van der Waals surface area contributed by atoms with E-state index in [-0.39, 0.29) is 18.8 Å². The van der Waals surface area contributed by atoms with Crippen LogP contribution in [0.5, 0.6) is 0 Å². The maximum atomic E-state index is 13.7. The summed E-state index contributed by atoms with van der Waals surface area (Å²) in [6.45, 7) is 1.76. The molecule has 8 nitrogen and oxygen atoms in total. The molecule has 0 aliphatic carbocycles. The van der Waals surface area contributed by atoms with Crippen LogP contribution in [0.4, 0.5) is 4.39 Å². The van der Waals surface area contributed by atoms with Crippen molar-refractivity contribution >= 4 is 17.5 Å². The summed E-state index contributed by atoms with van der Waals surface area (Å²) in [5.41, 5.74) is 0.0612. The van der Waals surface area contributed by atoms with E-state index in [1.807, 2.05) is 12.1 Å². The Morgan fingerprint density at radius 2 is 1.91 bits per heavy atom. The van der Waals surface area contributed by atoms with Gasteiger partial charge in [-0.3, -0.25) is 19.1 Å². The zero-order chi connectivity index (χ0) is 24.9. The molecule has 10 heteroatoms. The molecule has 0 saturated heterocycles. The van der Waals surface area contributed by atoms with E-state index in [0.717, 1.165) is 20.5 Å². The predicted octanol–water partition coefficient (Wildman–Crippen LogP) is 2.91. The lowest BCUT2D eigenvalue weighted by atomic mass is 10.2. The molecule has 0 aliphatic heterocycles. The Balaban J connectivity index is 1.74. The van der Waals surface area contributed by atoms with Gasteiger partial charge in [0.15, 0.2) is 0 Å². The molecular formula is C25H21ClFN5O3. The van der Waals surface area contributed by atoms with E-state index in [4.69, 9.17) is 11.6 Å². The lowest BCUT2D eigenvalue weighted by Gasteiger charge is -2.13. The fourth-order valence-electron chi connectivity index (χ4n) is 3.43. The molecule has 4 rings (SSSR count). The first-order chi connectivity index (χ1) is 16.8. The third-order valence-electron chi connectivity index (χ3n) is 5.30. The van der Waals surface area contributed by atoms with Gasteiger partial charge in [0.1, 0.15) is 5.82 Å². The number of aryl methyl sites for hydroxylation is 1. The number of halogens is 2. The Bertz CT molecular complexity index is 1500. The first kappa shape index (κ1) is 24.0. The Morgan fingerprint density at radius 3 is 2.63 bits per heavy atom. The van der Waals surface area contributed by atoms with Crippen molar-refractivity contribution in [2.45, 2.75) is 19.9 Å². The summed E-state index contributed by atoms with van der Waals surface area (Å²) in [5, 5.41) is 7.11. The minimum atomic E-state index is -0.885. The second-order valence-electron chi connectivity index (χ2n) is 7.82. The number of benzene rings is 2. The highest BCUT2D eigenvalue weighted by Gasteiger charge is 2.21. The first-order valence-corrected chi connectivity index (χ1v) is 11.1. The van der Waals surface area contributed by atoms with Crippen LogP contribution < -0.4 is 16.6 Å². The maximum Gasteiger partial charge on any atom is 0.352 e. The molecule has 1 amide bonds. The van der Waals surface area contributed by atoms with Crippen molar-refractivity contribution < 1.29 is 9.18 Å². The Labute approximate surface area is 204 Å². The summed E-state index contributed by atoms with van der Waals surface area (Å²) in [6.07, 6.45) is 2.09. The number of carbonyl (C=O) groups is 1. The van der Waals surface area contributed by atoms with Crippen LogP contribution in [0.1, 0.15) is 27.3 Å². The van der Waals surface area contributed by atoms with Gasteiger partial charge in [-0.05, 0) is 54.4 Å². The van der Waals surface area contributed by atoms with E-state index in [1.165, 1.54) is 24.3 Å². The van der Waals surface area contributed by atoms with Gasteiger partial charge in [0.05, 0.1) is 12.2 Å². The van der Waals surface area contributed by atoms with E-state index in [2.05, 4.69) is 15.4 Å². The van der Waals surface area contributed by atoms with Crippen LogP contribution in [0.25, 0.3) is 5.69 Å². The second-order valence-corrected chi connectivity index (χ2v) is 8.23. The van der Waals surface area contributed by atoms with Crippen molar-refractivity contribution in [3.63, 3.8) is 0 Å². The van der Waals surface area contributed by atoms with Crippen LogP contribution in [0.2, 0.25) is 5.02 Å². The van der Waals surface area contributed by atoms with Crippen molar-refractivity contribution in [2.75, 3.05) is 6.54 Å². The van der Waals surface area contributed by atoms with Gasteiger partial charge in [-0.2, -0.15) is 9.78 Å². The van der Waals surface area contributed by atoms with Gasteiger partial charge in [0.25, 0.3) is 11.5 Å². The Kier molecular flexibility index (Phi) is 7.17. The van der Waals surface area contributed by atoms with E-state index < -0.39 is 28.7 Å². The number of nitrogens with zero attached hydrogens (tertiary/aromatic N) is 4. The van der Waals surface area contributed by atoms with Crippen molar-refractivity contribution in [1.82, 2.24) is 24.6 Å². The monoisotopic (exact) mass is 493 g/mol. The summed E-state index contributed by atoms with van der Waals surface area (Å²) in [7, 11) is 0. The van der Waals surface area contributed by atoms with Crippen LogP contribution >= 0.6 is 11.6 Å². The van der Waals surface area contributed by atoms with Gasteiger partial charge in [-0.15, -0.1) is 0 Å². The fraction of sp³-hybridized carbons (Fsp3) is 0.160. The molecule has 0 spiro atoms. The van der Waals surface area contributed by atoms with Crippen LogP contribution in [0.3, 0.4) is 0 Å². The summed E-state index contributed by atoms with van der Waals surface area (Å²) >= 11 is 6.22. The number of amides is 1. The molecule has 0 unspecified atom stereocenters. The minimum Gasteiger partial charge on any atom is -0.350 e. The molecule has 2 aromatic heterocycles. The number of nitrogens with one attached hydrogen (secondary N) is 1. The topological polar surface area (TPSA) is 98.9 Å². The van der Waals surface area contributed by atoms with Gasteiger partial charge < -0.3 is 5.32 Å². The number of hydrogen-bond donors (Lipinski definition) is 1. The fourth-order valence-corrected chi connectivity index (χ4v) is 3.60. The molecule has 1 N–H and O–H groups in total. The standard InChI is InChI=1S/C25H21ClFN5O3/c1-16-8-9-20(14-21(16)26)32-25(35)31(15-17-5-4-6-18(27)13-17)24(34)22(30-32)23(33)29-12-10-19-7-2-3-11-28-19/h2-9,11,13-14H,10,12,15H2,1H3,(H,29,33). The number of aromatic nitrogens is 4. The quantitative estimate of drug-likeness (QED) is 0.427. The highest BCUT2D eigenvalue weighted by atomic mass is 35.5. The number of rotatable bonds is 7. The number of carbonyl (C=O) groups excluding carboxylic acids is 1. The SMILES string of the molecule is Cc1ccc(-n2nc(C(=O)NCCc3ccccn3)c(=O)n(Cc3cccc(F)c3)c2=O)cc1Cl. The molecule has 2 heterocycles. The third kappa shape index (κ3) is 5.52. The van der Waals surface area contributed by atoms with Gasteiger partial charge in [0.2, 0.25) is 5.69 Å². The van der Waals surface area contributed by atoms with Gasteiger partial charge in [0, 0.05) is 29.9 Å². The molecule has 0 bridgehead atoms. The molecule has 35 heavy (non-hydrogen) atoms. The molecular weight excluding hydrogens is 473 g/mol. The zero-order valence-corrected chi connectivity index (χ0v) is 19.5. The predicted molar refractivity (Wildman–Crippen MR) is 130 cm³/mol. The summed E-state index contributed by atoms with van der Waals surface area (Å²) < 4.78 is 15.5. The van der Waals surface area contributed by atoms with E-state index in [0.29, 0.717) is 17.0 Å². The molecule has 0 atom stereocenters. The average Bonchev–Trinajstić information content (AvgIpc) is 2.84. The number of pyridine rings is 1. The maximum absolute atomic E-state index is 13.7. The van der Waals surface area contributed by atoms with Crippen molar-refractivity contribution in [3.05, 3.63) is 121 Å². The van der Waals surface area contributed by atoms with E-state index in [1.54, 1.807) is 37.4 Å². The summed E-state index contributed by atoms with van der Waals surface area (Å²) in [4.78, 5) is 43.5. The van der Waals surface area contributed by atoms with E-state index in [9.17, 15) is 18.8 Å². The van der Waals surface area contributed by atoms with E-state index >= 15 is 0 Å². The average molecular weight is 494 g/mol. The Hall–Kier alpha value is -4.11. The lowest BCUT2D eigenvalue weighted by molar-refractivity contribution is 0.0944. The molecule has 0 fully saturated rings. The number of hydrogen-bond acceptors (Lipinski definition) is 5. The van der Waals surface area contributed by atoms with Crippen LogP contribution in [0, 0.1) is 12.7 Å². The normalized spacial score (nSPS) is 10.8. The van der Waals surface area contributed by atoms with Crippen LogP contribution in [-0.2, 0) is 13.0 Å². The van der Waals surface area contributed by atoms with Gasteiger partial charge >= 0.3 is 5.69 Å². The first-order valence-electron chi connectivity index (χ1n) is 10.8. The highest BCUT2D eigenvalue weighted by molar-refractivity contribution is 6.31. The Morgan fingerprint density at radius 1 is 1.09 bits per heavy atom. The van der Waals surface area contributed by atoms with Crippen LogP contribution in [0.15, 0.2) is 76.4 Å². The third-order valence-corrected chi connectivity index (χ3v) is 5.70. The molecule has 2 aromatic carbocycles. The zero-order valence-electron chi connectivity index (χ0n) is 18.7. The van der Waals surface area contributed by atoms with Crippen molar-refractivity contribution in [2.24, 2.45) is 0 Å². The molecule has 0 saturated carbocycles. The van der Waals surface area contributed by atoms with Crippen molar-refractivity contribution in [1.29, 1.82) is 0 Å². The summed E-state index contributed by atoms with van der Waals surface area (Å²) in [6, 6.07) is 15.8. The van der Waals surface area contributed by atoms with Gasteiger partial charge in [-0.25, -0.2) is 9.18 Å². The second kappa shape index (κ2) is 10.4. The largest absolute Gasteiger partial charge is 0.352 e. The molecule has 178 valence electrons. The lowest BCUT2D eigenvalue weighted by Crippen LogP contribution is -2.46. The van der Waals surface area contributed by atoms with Crippen molar-refractivity contribution in [3.8, 4) is 5.69 Å². The molecule has 4 aromatic rings. The smallest absolute Gasteiger partial charge is 0.350 e. The van der Waals surface area contributed by atoms with Gasteiger partial charge in [-0.1, -0.05) is 35.9 Å². The molecule has 0 aliphatic rings. The summed E-state index contributed by atoms with van der Waals surface area (Å²) in [5.74, 6) is -1.26. The van der Waals surface area contributed by atoms with Crippen LogP contribution in [-0.4, -0.2) is 31.8 Å².